The van der Waals surface area contributed by atoms with Gasteiger partial charge in [0.15, 0.2) is 5.16 Å². The number of anilines is 2. The molecule has 6 nitrogen and oxygen atoms in total. The molecule has 0 atom stereocenters. The van der Waals surface area contributed by atoms with Crippen molar-refractivity contribution in [3.8, 4) is 0 Å². The van der Waals surface area contributed by atoms with Crippen LogP contribution in [-0.4, -0.2) is 39.0 Å². The topological polar surface area (TPSA) is 63.1 Å². The highest BCUT2D eigenvalue weighted by Crippen LogP contribution is 2.31. The van der Waals surface area contributed by atoms with Gasteiger partial charge in [0.25, 0.3) is 0 Å². The van der Waals surface area contributed by atoms with Crippen LogP contribution in [0.25, 0.3) is 0 Å². The average molecular weight is 335 g/mol. The van der Waals surface area contributed by atoms with E-state index in [0.29, 0.717) is 5.75 Å². The Bertz CT molecular complexity index is 700. The van der Waals surface area contributed by atoms with Gasteiger partial charge in [-0.3, -0.25) is 9.36 Å². The zero-order valence-corrected chi connectivity index (χ0v) is 13.8. The van der Waals surface area contributed by atoms with Crippen LogP contribution in [0, 0.1) is 5.82 Å². The van der Waals surface area contributed by atoms with Gasteiger partial charge in [-0.2, -0.15) is 0 Å². The fraction of sp³-hybridized carbons (Fsp3) is 0.400. The number of benzene rings is 1. The van der Waals surface area contributed by atoms with Crippen molar-refractivity contribution in [3.63, 3.8) is 0 Å². The van der Waals surface area contributed by atoms with Crippen LogP contribution in [0.2, 0.25) is 0 Å². The van der Waals surface area contributed by atoms with Crippen LogP contribution < -0.4 is 10.2 Å². The fourth-order valence-electron chi connectivity index (χ4n) is 2.44. The van der Waals surface area contributed by atoms with E-state index in [2.05, 4.69) is 15.5 Å². The van der Waals surface area contributed by atoms with Crippen LogP contribution in [0.1, 0.15) is 13.8 Å². The van der Waals surface area contributed by atoms with Gasteiger partial charge in [-0.05, 0) is 38.1 Å². The molecule has 8 heteroatoms. The number of aromatic nitrogens is 3. The summed E-state index contributed by atoms with van der Waals surface area (Å²) in [5, 5.41) is 11.9. The van der Waals surface area contributed by atoms with Crippen molar-refractivity contribution >= 4 is 29.3 Å². The van der Waals surface area contributed by atoms with Crippen molar-refractivity contribution in [2.75, 3.05) is 17.2 Å². The highest BCUT2D eigenvalue weighted by Gasteiger charge is 2.26. The highest BCUT2D eigenvalue weighted by atomic mass is 32.2. The van der Waals surface area contributed by atoms with Gasteiger partial charge in [-0.1, -0.05) is 11.8 Å². The first-order valence-corrected chi connectivity index (χ1v) is 8.41. The largest absolute Gasteiger partial charge is 0.353 e. The van der Waals surface area contributed by atoms with Crippen LogP contribution in [0.5, 0.6) is 0 Å². The zero-order valence-electron chi connectivity index (χ0n) is 13.0. The summed E-state index contributed by atoms with van der Waals surface area (Å²) in [5.74, 6) is 0.758. The summed E-state index contributed by atoms with van der Waals surface area (Å²) >= 11 is 1.37. The standard InChI is InChI=1S/C15H18FN5OS/c1-10(2)17-13(22)9-23-15-19-18-14-20(7-8-21(14)15)12-5-3-11(16)4-6-12/h3-6,10H,7-9H2,1-2H3,(H,17,22). The smallest absolute Gasteiger partial charge is 0.232 e. The lowest BCUT2D eigenvalue weighted by atomic mass is 10.3. The molecule has 122 valence electrons. The summed E-state index contributed by atoms with van der Waals surface area (Å²) in [6, 6.07) is 6.44. The first-order chi connectivity index (χ1) is 11.0. The SMILES string of the molecule is CC(C)NC(=O)CSc1nnc2n1CCN2c1ccc(F)cc1. The Morgan fingerprint density at radius 3 is 2.74 bits per heavy atom. The van der Waals surface area contributed by atoms with Gasteiger partial charge in [0.2, 0.25) is 11.9 Å². The first-order valence-electron chi connectivity index (χ1n) is 7.43. The second-order valence-corrected chi connectivity index (χ2v) is 6.52. The maximum absolute atomic E-state index is 13.0. The van der Waals surface area contributed by atoms with E-state index in [0.717, 1.165) is 29.9 Å². The minimum absolute atomic E-state index is 0.0178. The van der Waals surface area contributed by atoms with Crippen LogP contribution in [0.4, 0.5) is 16.0 Å². The lowest BCUT2D eigenvalue weighted by molar-refractivity contribution is -0.119. The summed E-state index contributed by atoms with van der Waals surface area (Å²) in [6.07, 6.45) is 0. The number of fused-ring (bicyclic) bond motifs is 1. The van der Waals surface area contributed by atoms with E-state index >= 15 is 0 Å². The average Bonchev–Trinajstić information content (AvgIpc) is 3.07. The molecule has 23 heavy (non-hydrogen) atoms. The van der Waals surface area contributed by atoms with E-state index < -0.39 is 0 Å². The van der Waals surface area contributed by atoms with Gasteiger partial charge in [-0.25, -0.2) is 4.39 Å². The summed E-state index contributed by atoms with van der Waals surface area (Å²) in [6.45, 7) is 5.35. The third-order valence-electron chi connectivity index (χ3n) is 3.41. The summed E-state index contributed by atoms with van der Waals surface area (Å²) in [5.41, 5.74) is 0.881. The molecule has 0 saturated carbocycles. The number of halogens is 1. The Kier molecular flexibility index (Phi) is 4.51. The van der Waals surface area contributed by atoms with E-state index in [1.807, 2.05) is 23.3 Å². The summed E-state index contributed by atoms with van der Waals surface area (Å²) in [4.78, 5) is 13.7. The maximum Gasteiger partial charge on any atom is 0.232 e. The van der Waals surface area contributed by atoms with Gasteiger partial charge in [-0.15, -0.1) is 10.2 Å². The molecular weight excluding hydrogens is 317 g/mol. The van der Waals surface area contributed by atoms with E-state index in [4.69, 9.17) is 0 Å². The predicted octanol–water partition coefficient (Wildman–Crippen LogP) is 2.19. The zero-order chi connectivity index (χ0) is 16.4. The Morgan fingerprint density at radius 1 is 1.30 bits per heavy atom. The molecule has 2 aromatic rings. The number of thioether (sulfide) groups is 1. The molecule has 0 saturated heterocycles. The number of hydrogen-bond acceptors (Lipinski definition) is 5. The monoisotopic (exact) mass is 335 g/mol. The van der Waals surface area contributed by atoms with Crippen LogP contribution in [0.15, 0.2) is 29.4 Å². The fourth-order valence-corrected chi connectivity index (χ4v) is 3.21. The Labute approximate surface area is 138 Å². The van der Waals surface area contributed by atoms with Crippen LogP contribution in [0.3, 0.4) is 0 Å². The molecular formula is C15H18FN5OS. The normalized spacial score (nSPS) is 13.5. The number of nitrogens with one attached hydrogen (secondary N) is 1. The summed E-state index contributed by atoms with van der Waals surface area (Å²) in [7, 11) is 0. The molecule has 0 unspecified atom stereocenters. The van der Waals surface area contributed by atoms with E-state index in [-0.39, 0.29) is 17.8 Å². The second kappa shape index (κ2) is 6.57. The molecule has 0 spiro atoms. The first kappa shape index (κ1) is 15.8. The van der Waals surface area contributed by atoms with Crippen LogP contribution in [-0.2, 0) is 11.3 Å². The van der Waals surface area contributed by atoms with Crippen LogP contribution >= 0.6 is 11.8 Å². The molecule has 0 fully saturated rings. The minimum atomic E-state index is -0.262. The molecule has 2 heterocycles. The molecule has 1 amide bonds. The van der Waals surface area contributed by atoms with Gasteiger partial charge in [0.05, 0.1) is 5.75 Å². The second-order valence-electron chi connectivity index (χ2n) is 5.57. The van der Waals surface area contributed by atoms with E-state index in [1.165, 1.54) is 23.9 Å². The molecule has 1 aliphatic rings. The molecule has 0 bridgehead atoms. The van der Waals surface area contributed by atoms with Gasteiger partial charge in [0, 0.05) is 24.8 Å². The lowest BCUT2D eigenvalue weighted by Crippen LogP contribution is -2.31. The lowest BCUT2D eigenvalue weighted by Gasteiger charge is -2.14. The van der Waals surface area contributed by atoms with Gasteiger partial charge < -0.3 is 10.2 Å². The molecule has 0 aliphatic carbocycles. The van der Waals surface area contributed by atoms with Crippen molar-refractivity contribution in [1.82, 2.24) is 20.1 Å². The minimum Gasteiger partial charge on any atom is -0.353 e. The number of hydrogen-bond donors (Lipinski definition) is 1. The number of nitrogens with zero attached hydrogens (tertiary/aromatic N) is 4. The predicted molar refractivity (Wildman–Crippen MR) is 87.4 cm³/mol. The van der Waals surface area contributed by atoms with E-state index in [9.17, 15) is 9.18 Å². The molecule has 3 rings (SSSR count). The quantitative estimate of drug-likeness (QED) is 0.849. The number of rotatable bonds is 5. The van der Waals surface area contributed by atoms with Crippen molar-refractivity contribution < 1.29 is 9.18 Å². The molecule has 1 aliphatic heterocycles. The molecule has 1 aromatic carbocycles. The third kappa shape index (κ3) is 3.47. The van der Waals surface area contributed by atoms with Crippen molar-refractivity contribution in [2.45, 2.75) is 31.6 Å². The molecule has 0 radical (unpaired) electrons. The van der Waals surface area contributed by atoms with Gasteiger partial charge >= 0.3 is 0 Å². The van der Waals surface area contributed by atoms with Crippen molar-refractivity contribution in [3.05, 3.63) is 30.1 Å². The molecule has 1 N–H and O–H groups in total. The van der Waals surface area contributed by atoms with Crippen molar-refractivity contribution in [2.24, 2.45) is 0 Å². The van der Waals surface area contributed by atoms with E-state index in [1.54, 1.807) is 12.1 Å². The third-order valence-corrected chi connectivity index (χ3v) is 4.37. The van der Waals surface area contributed by atoms with Gasteiger partial charge in [0.1, 0.15) is 5.82 Å². The summed E-state index contributed by atoms with van der Waals surface area (Å²) < 4.78 is 15.0. The number of amides is 1. The Morgan fingerprint density at radius 2 is 2.04 bits per heavy atom. The number of carbonyl (C=O) groups is 1. The highest BCUT2D eigenvalue weighted by molar-refractivity contribution is 7.99. The Balaban J connectivity index is 1.70. The van der Waals surface area contributed by atoms with Crippen molar-refractivity contribution in [1.29, 1.82) is 0 Å². The molecule has 1 aromatic heterocycles. The number of carbonyl (C=O) groups excluding carboxylic acids is 1. The Hall–Kier alpha value is -2.09. The maximum atomic E-state index is 13.0.